The molecule has 3 heteroatoms. The summed E-state index contributed by atoms with van der Waals surface area (Å²) >= 11 is 0. The van der Waals surface area contributed by atoms with E-state index in [1.165, 1.54) is 51.4 Å². The molecule has 31 heavy (non-hydrogen) atoms. The van der Waals surface area contributed by atoms with Gasteiger partial charge in [-0.1, -0.05) is 95.2 Å². The highest BCUT2D eigenvalue weighted by Gasteiger charge is 2.23. The fraction of sp³-hybridized carbons (Fsp3) is 0.571. The topological polar surface area (TPSA) is 18.5 Å². The van der Waals surface area contributed by atoms with Crippen molar-refractivity contribution in [2.45, 2.75) is 84.3 Å². The minimum absolute atomic E-state index is 0.145. The molecule has 0 spiro atoms. The van der Waals surface area contributed by atoms with Crippen LogP contribution in [-0.2, 0) is 15.9 Å². The second-order valence-electron chi connectivity index (χ2n) is 8.96. The first-order valence-corrected chi connectivity index (χ1v) is 12.3. The van der Waals surface area contributed by atoms with Gasteiger partial charge < -0.3 is 9.47 Å². The molecule has 2 nitrogen and oxygen atoms in total. The summed E-state index contributed by atoms with van der Waals surface area (Å²) < 4.78 is 26.6. The van der Waals surface area contributed by atoms with E-state index in [4.69, 9.17) is 9.47 Å². The number of hydrogen-bond acceptors (Lipinski definition) is 2. The lowest BCUT2D eigenvalue weighted by Gasteiger charge is -2.29. The van der Waals surface area contributed by atoms with Crippen LogP contribution in [0.2, 0.25) is 0 Å². The molecular weight excluding hydrogens is 387 g/mol. The first kappa shape index (κ1) is 23.9. The van der Waals surface area contributed by atoms with Crippen molar-refractivity contribution in [1.82, 2.24) is 0 Å². The van der Waals surface area contributed by atoms with Crippen LogP contribution in [0.5, 0.6) is 0 Å². The van der Waals surface area contributed by atoms with Crippen LogP contribution >= 0.6 is 0 Å². The van der Waals surface area contributed by atoms with Gasteiger partial charge in [-0.15, -0.1) is 0 Å². The molecule has 0 unspecified atom stereocenters. The number of unbranched alkanes of at least 4 members (excludes halogenated alkanes) is 6. The molecule has 0 atom stereocenters. The molecule has 1 saturated heterocycles. The molecular formula is C28H39FO2. The average molecular weight is 427 g/mol. The highest BCUT2D eigenvalue weighted by Crippen LogP contribution is 2.30. The third-order valence-electron chi connectivity index (χ3n) is 6.28. The molecule has 1 heterocycles. The molecule has 170 valence electrons. The minimum atomic E-state index is -0.309. The molecule has 0 aromatic heterocycles. The summed E-state index contributed by atoms with van der Waals surface area (Å²) in [5.74, 6) is 0.357. The Hall–Kier alpha value is -1.71. The summed E-state index contributed by atoms with van der Waals surface area (Å²) in [7, 11) is 0. The number of hydrogen-bond donors (Lipinski definition) is 0. The maximum absolute atomic E-state index is 14.7. The minimum Gasteiger partial charge on any atom is -0.348 e. The molecule has 0 amide bonds. The van der Waals surface area contributed by atoms with Crippen molar-refractivity contribution < 1.29 is 13.9 Å². The Morgan fingerprint density at radius 2 is 1.48 bits per heavy atom. The van der Waals surface area contributed by atoms with Gasteiger partial charge in [0.2, 0.25) is 0 Å². The smallest absolute Gasteiger partial charge is 0.183 e. The maximum Gasteiger partial charge on any atom is 0.183 e. The number of benzene rings is 2. The van der Waals surface area contributed by atoms with Gasteiger partial charge in [0.25, 0.3) is 0 Å². The van der Waals surface area contributed by atoms with Gasteiger partial charge in [-0.2, -0.15) is 0 Å². The van der Waals surface area contributed by atoms with Gasteiger partial charge in [0.05, 0.1) is 13.2 Å². The Labute approximate surface area is 188 Å². The molecule has 0 aliphatic carbocycles. The normalized spacial score (nSPS) is 18.9. The van der Waals surface area contributed by atoms with E-state index in [0.717, 1.165) is 42.7 Å². The van der Waals surface area contributed by atoms with Crippen LogP contribution in [0.4, 0.5) is 4.39 Å². The van der Waals surface area contributed by atoms with Gasteiger partial charge in [-0.3, -0.25) is 0 Å². The third-order valence-corrected chi connectivity index (χ3v) is 6.28. The Morgan fingerprint density at radius 1 is 0.806 bits per heavy atom. The molecule has 2 aromatic carbocycles. The number of rotatable bonds is 12. The van der Waals surface area contributed by atoms with Gasteiger partial charge in [0, 0.05) is 17.0 Å². The molecule has 1 aliphatic heterocycles. The van der Waals surface area contributed by atoms with E-state index in [9.17, 15) is 4.39 Å². The van der Waals surface area contributed by atoms with E-state index in [0.29, 0.717) is 11.5 Å². The average Bonchev–Trinajstić information content (AvgIpc) is 2.80. The van der Waals surface area contributed by atoms with Gasteiger partial charge >= 0.3 is 0 Å². The maximum atomic E-state index is 14.7. The van der Waals surface area contributed by atoms with Crippen molar-refractivity contribution >= 4 is 0 Å². The zero-order valence-corrected chi connectivity index (χ0v) is 19.4. The summed E-state index contributed by atoms with van der Waals surface area (Å²) in [6.45, 7) is 5.95. The second-order valence-corrected chi connectivity index (χ2v) is 8.96. The summed E-state index contributed by atoms with van der Waals surface area (Å²) in [6, 6.07) is 13.6. The summed E-state index contributed by atoms with van der Waals surface area (Å²) in [6.07, 6.45) is 11.8. The van der Waals surface area contributed by atoms with Crippen LogP contribution in [0, 0.1) is 11.7 Å². The van der Waals surface area contributed by atoms with Crippen LogP contribution in [0.1, 0.15) is 89.1 Å². The van der Waals surface area contributed by atoms with E-state index in [1.807, 2.05) is 30.3 Å². The Bertz CT molecular complexity index is 763. The zero-order valence-electron chi connectivity index (χ0n) is 19.4. The van der Waals surface area contributed by atoms with Crippen LogP contribution in [0.15, 0.2) is 42.5 Å². The van der Waals surface area contributed by atoms with Gasteiger partial charge in [-0.05, 0) is 36.5 Å². The van der Waals surface area contributed by atoms with Gasteiger partial charge in [0.1, 0.15) is 5.82 Å². The van der Waals surface area contributed by atoms with Crippen molar-refractivity contribution in [2.75, 3.05) is 13.2 Å². The van der Waals surface area contributed by atoms with Crippen molar-refractivity contribution in [3.05, 3.63) is 59.4 Å². The molecule has 0 N–H and O–H groups in total. The summed E-state index contributed by atoms with van der Waals surface area (Å²) in [5.41, 5.74) is 3.62. The van der Waals surface area contributed by atoms with Crippen molar-refractivity contribution in [3.63, 3.8) is 0 Å². The lowest BCUT2D eigenvalue weighted by molar-refractivity contribution is -0.206. The first-order valence-electron chi connectivity index (χ1n) is 12.3. The Kier molecular flexibility index (Phi) is 10.0. The lowest BCUT2D eigenvalue weighted by atomic mass is 9.99. The van der Waals surface area contributed by atoms with Gasteiger partial charge in [0.15, 0.2) is 6.29 Å². The number of halogens is 1. The predicted octanol–water partition coefficient (Wildman–Crippen LogP) is 8.25. The number of ether oxygens (including phenoxy) is 2. The first-order chi connectivity index (χ1) is 15.2. The largest absolute Gasteiger partial charge is 0.348 e. The Balaban J connectivity index is 1.49. The fourth-order valence-corrected chi connectivity index (χ4v) is 4.29. The fourth-order valence-electron chi connectivity index (χ4n) is 4.29. The molecule has 0 bridgehead atoms. The van der Waals surface area contributed by atoms with Crippen LogP contribution < -0.4 is 0 Å². The third kappa shape index (κ3) is 7.43. The van der Waals surface area contributed by atoms with E-state index in [2.05, 4.69) is 19.9 Å². The lowest BCUT2D eigenvalue weighted by Crippen LogP contribution is -2.27. The number of aryl methyl sites for hydroxylation is 1. The quantitative estimate of drug-likeness (QED) is 0.318. The molecule has 0 saturated carbocycles. The molecule has 1 aliphatic rings. The standard InChI is InChI=1S/C28H39FO2/c1-3-5-7-8-10-12-23-20-30-28(31-21-23)25-16-14-24(15-17-25)26-18-13-22(19-27(26)29)11-9-6-4-2/h13-19,23,28H,3-12,20-21H2,1-2H3. The van der Waals surface area contributed by atoms with E-state index < -0.39 is 0 Å². The van der Waals surface area contributed by atoms with Crippen LogP contribution in [-0.4, -0.2) is 13.2 Å². The molecule has 2 aromatic rings. The monoisotopic (exact) mass is 426 g/mol. The van der Waals surface area contributed by atoms with Crippen molar-refractivity contribution in [1.29, 1.82) is 0 Å². The molecule has 1 fully saturated rings. The zero-order chi connectivity index (χ0) is 21.9. The van der Waals surface area contributed by atoms with Crippen LogP contribution in [0.3, 0.4) is 0 Å². The van der Waals surface area contributed by atoms with E-state index >= 15 is 0 Å². The van der Waals surface area contributed by atoms with Crippen LogP contribution in [0.25, 0.3) is 11.1 Å². The molecule has 3 rings (SSSR count). The second kappa shape index (κ2) is 13.0. The van der Waals surface area contributed by atoms with Crippen molar-refractivity contribution in [3.8, 4) is 11.1 Å². The summed E-state index contributed by atoms with van der Waals surface area (Å²) in [4.78, 5) is 0. The highest BCUT2D eigenvalue weighted by atomic mass is 19.1. The van der Waals surface area contributed by atoms with E-state index in [-0.39, 0.29) is 12.1 Å². The Morgan fingerprint density at radius 3 is 2.16 bits per heavy atom. The van der Waals surface area contributed by atoms with E-state index in [1.54, 1.807) is 6.07 Å². The molecule has 0 radical (unpaired) electrons. The van der Waals surface area contributed by atoms with Crippen molar-refractivity contribution in [2.24, 2.45) is 5.92 Å². The predicted molar refractivity (Wildman–Crippen MR) is 127 cm³/mol. The SMILES string of the molecule is CCCCCCCC1COC(c2ccc(-c3ccc(CCCCC)cc3F)cc2)OC1. The highest BCUT2D eigenvalue weighted by molar-refractivity contribution is 5.64. The van der Waals surface area contributed by atoms with Gasteiger partial charge in [-0.25, -0.2) is 4.39 Å². The summed E-state index contributed by atoms with van der Waals surface area (Å²) in [5, 5.41) is 0.